The molecule has 0 radical (unpaired) electrons. The van der Waals surface area contributed by atoms with Crippen LogP contribution in [-0.4, -0.2) is 23.5 Å². The number of rotatable bonds is 8. The molecular formula is C13H17Cl3NO2PS. The molecule has 0 aromatic heterocycles. The van der Waals surface area contributed by atoms with Gasteiger partial charge in [0, 0.05) is 24.9 Å². The highest BCUT2D eigenvalue weighted by molar-refractivity contribution is 8.56. The quantitative estimate of drug-likeness (QED) is 0.293. The van der Waals surface area contributed by atoms with Gasteiger partial charge >= 0.3 is 6.72 Å². The van der Waals surface area contributed by atoms with Crippen molar-refractivity contribution in [1.29, 1.82) is 0 Å². The summed E-state index contributed by atoms with van der Waals surface area (Å²) in [5, 5.41) is 0.900. The Morgan fingerprint density at radius 3 is 2.33 bits per heavy atom. The van der Waals surface area contributed by atoms with E-state index in [2.05, 4.69) is 6.58 Å². The molecule has 1 rings (SSSR count). The predicted octanol–water partition coefficient (Wildman–Crippen LogP) is 6.39. The zero-order valence-electron chi connectivity index (χ0n) is 11.8. The number of nitrogens with zero attached hydrogens (tertiary/aromatic N) is 1. The second-order valence-electron chi connectivity index (χ2n) is 3.98. The molecule has 0 fully saturated rings. The van der Waals surface area contributed by atoms with Crippen molar-refractivity contribution in [3.05, 3.63) is 39.9 Å². The fourth-order valence-electron chi connectivity index (χ4n) is 1.58. The second kappa shape index (κ2) is 8.71. The molecule has 0 spiro atoms. The van der Waals surface area contributed by atoms with E-state index in [9.17, 15) is 4.57 Å². The molecule has 21 heavy (non-hydrogen) atoms. The molecule has 1 aromatic rings. The largest absolute Gasteiger partial charge is 0.424 e. The third-order valence-electron chi connectivity index (χ3n) is 2.62. The monoisotopic (exact) mass is 387 g/mol. The molecule has 8 heteroatoms. The van der Waals surface area contributed by atoms with Crippen molar-refractivity contribution >= 4 is 52.9 Å². The van der Waals surface area contributed by atoms with Gasteiger partial charge in [-0.25, -0.2) is 9.24 Å². The van der Waals surface area contributed by atoms with Gasteiger partial charge < -0.3 is 4.52 Å². The Balaban J connectivity index is 3.14. The normalized spacial score (nSPS) is 14.0. The number of hydrogen-bond acceptors (Lipinski definition) is 3. The maximum Gasteiger partial charge on any atom is 0.377 e. The molecule has 0 aliphatic carbocycles. The van der Waals surface area contributed by atoms with Gasteiger partial charge in [0.15, 0.2) is 0 Å². The smallest absolute Gasteiger partial charge is 0.377 e. The molecular weight excluding hydrogens is 372 g/mol. The highest BCUT2D eigenvalue weighted by Gasteiger charge is 2.32. The Morgan fingerprint density at radius 1 is 1.24 bits per heavy atom. The highest BCUT2D eigenvalue weighted by atomic mass is 35.5. The molecule has 1 aromatic carbocycles. The summed E-state index contributed by atoms with van der Waals surface area (Å²) in [4.78, 5) is 0. The molecule has 3 nitrogen and oxygen atoms in total. The van der Waals surface area contributed by atoms with Gasteiger partial charge in [0.2, 0.25) is 0 Å². The number of halogens is 3. The molecule has 0 N–H and O–H groups in total. The van der Waals surface area contributed by atoms with Crippen molar-refractivity contribution in [2.75, 3.05) is 18.8 Å². The zero-order valence-corrected chi connectivity index (χ0v) is 15.8. The van der Waals surface area contributed by atoms with Gasteiger partial charge in [-0.05, 0) is 17.4 Å². The minimum absolute atomic E-state index is 0.262. The lowest BCUT2D eigenvalue weighted by Gasteiger charge is -2.28. The Labute approximate surface area is 144 Å². The van der Waals surface area contributed by atoms with Crippen LogP contribution in [0.2, 0.25) is 15.1 Å². The fraction of sp³-hybridized carbons (Fsp3) is 0.385. The van der Waals surface area contributed by atoms with Crippen LogP contribution in [0.5, 0.6) is 5.75 Å². The van der Waals surface area contributed by atoms with Gasteiger partial charge in [-0.2, -0.15) is 0 Å². The fourth-order valence-corrected chi connectivity index (χ4v) is 6.39. The number of hydrogen-bond donors (Lipinski definition) is 0. The topological polar surface area (TPSA) is 29.5 Å². The molecule has 118 valence electrons. The Kier molecular flexibility index (Phi) is 7.97. The summed E-state index contributed by atoms with van der Waals surface area (Å²) in [5.41, 5.74) is 0. The first kappa shape index (κ1) is 19.2. The van der Waals surface area contributed by atoms with Gasteiger partial charge in [0.05, 0.1) is 15.1 Å². The van der Waals surface area contributed by atoms with Crippen LogP contribution in [0.15, 0.2) is 24.8 Å². The van der Waals surface area contributed by atoms with Crippen molar-refractivity contribution < 1.29 is 9.09 Å². The summed E-state index contributed by atoms with van der Waals surface area (Å²) in [6.45, 7) is 5.54. The first-order chi connectivity index (χ1) is 9.87. The van der Waals surface area contributed by atoms with Crippen LogP contribution in [0.4, 0.5) is 0 Å². The average molecular weight is 389 g/mol. The van der Waals surface area contributed by atoms with E-state index in [1.165, 1.54) is 23.5 Å². The predicted molar refractivity (Wildman–Crippen MR) is 95.3 cm³/mol. The first-order valence-electron chi connectivity index (χ1n) is 6.33. The second-order valence-corrected chi connectivity index (χ2v) is 9.64. The Bertz CT molecular complexity index is 552. The highest BCUT2D eigenvalue weighted by Crippen LogP contribution is 2.62. The van der Waals surface area contributed by atoms with Gasteiger partial charge in [0.1, 0.15) is 5.75 Å². The van der Waals surface area contributed by atoms with Crippen molar-refractivity contribution in [1.82, 2.24) is 4.67 Å². The first-order valence-corrected chi connectivity index (χ1v) is 10.6. The lowest BCUT2D eigenvalue weighted by molar-refractivity contribution is 0.389. The number of benzene rings is 1. The van der Waals surface area contributed by atoms with Crippen molar-refractivity contribution in [3.63, 3.8) is 0 Å². The van der Waals surface area contributed by atoms with E-state index in [1.54, 1.807) is 10.7 Å². The zero-order chi connectivity index (χ0) is 16.0. The van der Waals surface area contributed by atoms with E-state index in [1.807, 2.05) is 13.8 Å². The summed E-state index contributed by atoms with van der Waals surface area (Å²) in [5.74, 6) is 0.769. The molecule has 1 atom stereocenters. The Morgan fingerprint density at radius 2 is 1.81 bits per heavy atom. The third-order valence-corrected chi connectivity index (χ3v) is 8.38. The van der Waals surface area contributed by atoms with E-state index < -0.39 is 6.72 Å². The van der Waals surface area contributed by atoms with Crippen LogP contribution in [0.3, 0.4) is 0 Å². The van der Waals surface area contributed by atoms with E-state index >= 15 is 0 Å². The van der Waals surface area contributed by atoms with Crippen molar-refractivity contribution in [2.24, 2.45) is 0 Å². The minimum Gasteiger partial charge on any atom is -0.424 e. The summed E-state index contributed by atoms with van der Waals surface area (Å²) in [7, 11) is 0. The van der Waals surface area contributed by atoms with Crippen LogP contribution in [-0.2, 0) is 4.57 Å². The van der Waals surface area contributed by atoms with Gasteiger partial charge in [-0.3, -0.25) is 0 Å². The van der Waals surface area contributed by atoms with Crippen LogP contribution < -0.4 is 4.52 Å². The average Bonchev–Trinajstić information content (AvgIpc) is 2.44. The van der Waals surface area contributed by atoms with Crippen molar-refractivity contribution in [3.8, 4) is 5.75 Å². The molecule has 0 saturated carbocycles. The lowest BCUT2D eigenvalue weighted by Crippen LogP contribution is -2.21. The SMILES string of the molecule is C=CCSP(=O)(Oc1cc(Cl)c(Cl)cc1Cl)N(CC)CC. The van der Waals surface area contributed by atoms with Crippen LogP contribution in [0.25, 0.3) is 0 Å². The van der Waals surface area contributed by atoms with E-state index in [4.69, 9.17) is 39.3 Å². The minimum atomic E-state index is -3.14. The molecule has 0 amide bonds. The summed E-state index contributed by atoms with van der Waals surface area (Å²) >= 11 is 19.2. The lowest BCUT2D eigenvalue weighted by atomic mass is 10.3. The molecule has 1 unspecified atom stereocenters. The van der Waals surface area contributed by atoms with Gasteiger partial charge in [-0.15, -0.1) is 6.58 Å². The Hall–Kier alpha value is 0.170. The van der Waals surface area contributed by atoms with Gasteiger partial charge in [0.25, 0.3) is 0 Å². The maximum absolute atomic E-state index is 13.1. The van der Waals surface area contributed by atoms with Crippen molar-refractivity contribution in [2.45, 2.75) is 13.8 Å². The molecule has 0 aliphatic heterocycles. The van der Waals surface area contributed by atoms with E-state index in [0.717, 1.165) is 0 Å². The summed E-state index contributed by atoms with van der Waals surface area (Å²) < 4.78 is 20.6. The molecule has 0 saturated heterocycles. The van der Waals surface area contributed by atoms with Gasteiger partial charge in [-0.1, -0.05) is 54.7 Å². The maximum atomic E-state index is 13.1. The van der Waals surface area contributed by atoms with Crippen LogP contribution >= 0.6 is 52.9 Å². The van der Waals surface area contributed by atoms with E-state index in [-0.39, 0.29) is 10.8 Å². The molecule has 0 aliphatic rings. The van der Waals surface area contributed by atoms with Crippen LogP contribution in [0.1, 0.15) is 13.8 Å². The summed E-state index contributed by atoms with van der Waals surface area (Å²) in [6, 6.07) is 2.96. The third kappa shape index (κ3) is 5.09. The molecule has 0 heterocycles. The standard InChI is InChI=1S/C13H17Cl3NO2PS/c1-4-7-21-20(18,17(5-2)6-3)19-13-9-11(15)10(14)8-12(13)16/h4,8-9H,1,5-7H2,2-3H3. The summed E-state index contributed by atoms with van der Waals surface area (Å²) in [6.07, 6.45) is 1.68. The van der Waals surface area contributed by atoms with Crippen LogP contribution in [0, 0.1) is 0 Å². The molecule has 0 bridgehead atoms. The van der Waals surface area contributed by atoms with E-state index in [0.29, 0.717) is 28.9 Å².